The number of ether oxygens (including phenoxy) is 1. The molecule has 0 aliphatic rings. The molecule has 2 aromatic rings. The molecule has 0 bridgehead atoms. The van der Waals surface area contributed by atoms with E-state index in [9.17, 15) is 8.78 Å². The quantitative estimate of drug-likeness (QED) is 0.798. The second-order valence-electron chi connectivity index (χ2n) is 3.77. The van der Waals surface area contributed by atoms with Crippen LogP contribution in [-0.2, 0) is 0 Å². The number of halogens is 2. The molecule has 1 aromatic carbocycles. The Balaban J connectivity index is 2.28. The number of alkyl halides is 2. The molecular weight excluding hydrogens is 254 g/mol. The van der Waals surface area contributed by atoms with Crippen LogP contribution < -0.4 is 4.74 Å². The van der Waals surface area contributed by atoms with E-state index in [4.69, 9.17) is 0 Å². The van der Waals surface area contributed by atoms with Gasteiger partial charge >= 0.3 is 6.61 Å². The molecule has 0 spiro atoms. The van der Waals surface area contributed by atoms with E-state index in [1.165, 1.54) is 17.0 Å². The zero-order chi connectivity index (χ0) is 13.8. The molecule has 0 saturated heterocycles. The molecule has 0 atom stereocenters. The van der Waals surface area contributed by atoms with Crippen LogP contribution in [0.15, 0.2) is 29.4 Å². The van der Waals surface area contributed by atoms with Gasteiger partial charge in [-0.3, -0.25) is 0 Å². The standard InChI is InChI=1S/C12H12F2N4O/c1-8-16-17-9(2)18(8)15-7-10-5-3-4-6-11(10)19-12(13)14/h3-7,12H,1-2H3/b15-7+. The highest BCUT2D eigenvalue weighted by Crippen LogP contribution is 2.18. The van der Waals surface area contributed by atoms with E-state index in [1.54, 1.807) is 32.0 Å². The van der Waals surface area contributed by atoms with Crippen LogP contribution in [0, 0.1) is 13.8 Å². The molecule has 0 N–H and O–H groups in total. The number of hydrogen-bond donors (Lipinski definition) is 0. The van der Waals surface area contributed by atoms with Gasteiger partial charge in [0.2, 0.25) is 0 Å². The molecule has 0 aliphatic heterocycles. The lowest BCUT2D eigenvalue weighted by Crippen LogP contribution is -2.04. The monoisotopic (exact) mass is 266 g/mol. The third kappa shape index (κ3) is 3.12. The van der Waals surface area contributed by atoms with Crippen molar-refractivity contribution in [2.75, 3.05) is 0 Å². The Kier molecular flexibility index (Phi) is 3.84. The summed E-state index contributed by atoms with van der Waals surface area (Å²) in [4.78, 5) is 0. The maximum atomic E-state index is 12.3. The van der Waals surface area contributed by atoms with Crippen molar-refractivity contribution in [3.05, 3.63) is 41.5 Å². The zero-order valence-corrected chi connectivity index (χ0v) is 10.4. The van der Waals surface area contributed by atoms with Gasteiger partial charge in [-0.25, -0.2) is 4.68 Å². The minimum absolute atomic E-state index is 0.0737. The molecule has 19 heavy (non-hydrogen) atoms. The van der Waals surface area contributed by atoms with Crippen molar-refractivity contribution in [3.8, 4) is 5.75 Å². The Morgan fingerprint density at radius 2 is 1.84 bits per heavy atom. The van der Waals surface area contributed by atoms with Gasteiger partial charge in [0.1, 0.15) is 5.75 Å². The van der Waals surface area contributed by atoms with Crippen LogP contribution in [0.1, 0.15) is 17.2 Å². The van der Waals surface area contributed by atoms with Gasteiger partial charge in [-0.05, 0) is 26.0 Å². The highest BCUT2D eigenvalue weighted by Gasteiger charge is 2.08. The van der Waals surface area contributed by atoms with Crippen LogP contribution in [-0.4, -0.2) is 27.7 Å². The van der Waals surface area contributed by atoms with E-state index in [-0.39, 0.29) is 5.75 Å². The van der Waals surface area contributed by atoms with Crippen LogP contribution >= 0.6 is 0 Å². The largest absolute Gasteiger partial charge is 0.434 e. The molecule has 100 valence electrons. The number of hydrogen-bond acceptors (Lipinski definition) is 4. The van der Waals surface area contributed by atoms with Crippen molar-refractivity contribution in [1.29, 1.82) is 0 Å². The molecule has 1 aromatic heterocycles. The van der Waals surface area contributed by atoms with E-state index in [0.717, 1.165) is 0 Å². The first-order valence-electron chi connectivity index (χ1n) is 5.54. The normalized spacial score (nSPS) is 11.4. The van der Waals surface area contributed by atoms with Crippen LogP contribution in [0.5, 0.6) is 5.75 Å². The SMILES string of the molecule is Cc1nnc(C)n1/N=C/c1ccccc1OC(F)F. The highest BCUT2D eigenvalue weighted by molar-refractivity contribution is 5.83. The average Bonchev–Trinajstić information content (AvgIpc) is 2.68. The summed E-state index contributed by atoms with van der Waals surface area (Å²) < 4.78 is 30.4. The molecule has 0 radical (unpaired) electrons. The molecule has 0 unspecified atom stereocenters. The third-order valence-corrected chi connectivity index (χ3v) is 2.40. The predicted octanol–water partition coefficient (Wildman–Crippen LogP) is 2.38. The number of aryl methyl sites for hydroxylation is 2. The van der Waals surface area contributed by atoms with E-state index >= 15 is 0 Å². The van der Waals surface area contributed by atoms with E-state index in [2.05, 4.69) is 20.0 Å². The van der Waals surface area contributed by atoms with Crippen molar-refractivity contribution < 1.29 is 13.5 Å². The molecule has 5 nitrogen and oxygen atoms in total. The van der Waals surface area contributed by atoms with Gasteiger partial charge in [0, 0.05) is 5.56 Å². The van der Waals surface area contributed by atoms with E-state index in [0.29, 0.717) is 17.2 Å². The Bertz CT molecular complexity index is 576. The highest BCUT2D eigenvalue weighted by atomic mass is 19.3. The summed E-state index contributed by atoms with van der Waals surface area (Å²) in [5, 5.41) is 11.8. The van der Waals surface area contributed by atoms with Gasteiger partial charge < -0.3 is 4.74 Å². The van der Waals surface area contributed by atoms with Crippen molar-refractivity contribution in [3.63, 3.8) is 0 Å². The first-order chi connectivity index (χ1) is 9.08. The fraction of sp³-hybridized carbons (Fsp3) is 0.250. The first kappa shape index (κ1) is 13.1. The Morgan fingerprint density at radius 3 is 2.47 bits per heavy atom. The molecule has 0 aliphatic carbocycles. The second kappa shape index (κ2) is 5.55. The van der Waals surface area contributed by atoms with Crippen LogP contribution in [0.3, 0.4) is 0 Å². The van der Waals surface area contributed by atoms with Crippen LogP contribution in [0.4, 0.5) is 8.78 Å². The Hall–Kier alpha value is -2.31. The van der Waals surface area contributed by atoms with Gasteiger partial charge in [-0.1, -0.05) is 12.1 Å². The fourth-order valence-electron chi connectivity index (χ4n) is 1.54. The van der Waals surface area contributed by atoms with Gasteiger partial charge in [0.05, 0.1) is 6.21 Å². The minimum Gasteiger partial charge on any atom is -0.434 e. The lowest BCUT2D eigenvalue weighted by atomic mass is 10.2. The van der Waals surface area contributed by atoms with Gasteiger partial charge in [0.15, 0.2) is 11.6 Å². The van der Waals surface area contributed by atoms with Crippen molar-refractivity contribution in [2.45, 2.75) is 20.5 Å². The van der Waals surface area contributed by atoms with Crippen molar-refractivity contribution in [2.24, 2.45) is 5.10 Å². The molecule has 0 saturated carbocycles. The summed E-state index contributed by atoms with van der Waals surface area (Å²) in [6, 6.07) is 6.42. The molecule has 2 rings (SSSR count). The topological polar surface area (TPSA) is 52.3 Å². The lowest BCUT2D eigenvalue weighted by molar-refractivity contribution is -0.0499. The average molecular weight is 266 g/mol. The first-order valence-corrected chi connectivity index (χ1v) is 5.54. The molecule has 0 fully saturated rings. The molecule has 0 amide bonds. The number of nitrogens with zero attached hydrogens (tertiary/aromatic N) is 4. The van der Waals surface area contributed by atoms with Crippen molar-refractivity contribution in [1.82, 2.24) is 14.9 Å². The summed E-state index contributed by atoms with van der Waals surface area (Å²) in [7, 11) is 0. The number of para-hydroxylation sites is 1. The van der Waals surface area contributed by atoms with Gasteiger partial charge in [-0.2, -0.15) is 13.9 Å². The maximum absolute atomic E-state index is 12.3. The number of aromatic nitrogens is 3. The second-order valence-corrected chi connectivity index (χ2v) is 3.77. The van der Waals surface area contributed by atoms with E-state index in [1.807, 2.05) is 0 Å². The summed E-state index contributed by atoms with van der Waals surface area (Å²) in [6.45, 7) is 0.630. The Labute approximate surface area is 108 Å². The predicted molar refractivity (Wildman–Crippen MR) is 65.6 cm³/mol. The molecular formula is C12H12F2N4O. The van der Waals surface area contributed by atoms with Crippen LogP contribution in [0.2, 0.25) is 0 Å². The van der Waals surface area contributed by atoms with Crippen molar-refractivity contribution >= 4 is 6.21 Å². The summed E-state index contributed by atoms with van der Waals surface area (Å²) in [5.41, 5.74) is 0.454. The smallest absolute Gasteiger partial charge is 0.387 e. The summed E-state index contributed by atoms with van der Waals surface area (Å²) in [5.74, 6) is 1.30. The number of benzene rings is 1. The van der Waals surface area contributed by atoms with Gasteiger partial charge in [-0.15, -0.1) is 10.2 Å². The molecule has 1 heterocycles. The van der Waals surface area contributed by atoms with Gasteiger partial charge in [0.25, 0.3) is 0 Å². The van der Waals surface area contributed by atoms with E-state index < -0.39 is 6.61 Å². The Morgan fingerprint density at radius 1 is 1.21 bits per heavy atom. The third-order valence-electron chi connectivity index (χ3n) is 2.40. The van der Waals surface area contributed by atoms with Crippen LogP contribution in [0.25, 0.3) is 0 Å². The fourth-order valence-corrected chi connectivity index (χ4v) is 1.54. The molecule has 7 heteroatoms. The summed E-state index contributed by atoms with van der Waals surface area (Å²) >= 11 is 0. The zero-order valence-electron chi connectivity index (χ0n) is 10.4. The summed E-state index contributed by atoms with van der Waals surface area (Å²) in [6.07, 6.45) is 1.43. The lowest BCUT2D eigenvalue weighted by Gasteiger charge is -2.07. The minimum atomic E-state index is -2.87. The number of rotatable bonds is 4. The maximum Gasteiger partial charge on any atom is 0.387 e.